The first-order valence-corrected chi connectivity index (χ1v) is 6.29. The summed E-state index contributed by atoms with van der Waals surface area (Å²) in [5.74, 6) is 0.977. The topological polar surface area (TPSA) is 21.1 Å². The van der Waals surface area contributed by atoms with Crippen molar-refractivity contribution in [1.29, 1.82) is 0 Å². The summed E-state index contributed by atoms with van der Waals surface area (Å²) in [4.78, 5) is 2.01. The summed E-state index contributed by atoms with van der Waals surface area (Å²) in [6.45, 7) is 4.16. The molecular formula is C13H16BrN3. The van der Waals surface area contributed by atoms with Gasteiger partial charge in [-0.05, 0) is 37.6 Å². The van der Waals surface area contributed by atoms with E-state index >= 15 is 0 Å². The fourth-order valence-corrected chi connectivity index (χ4v) is 2.25. The molecule has 1 aromatic carbocycles. The number of rotatable bonds is 2. The first kappa shape index (κ1) is 12.2. The smallest absolute Gasteiger partial charge is 0.150 e. The molecule has 0 radical (unpaired) electrons. The molecule has 0 bridgehead atoms. The molecule has 0 saturated heterocycles. The Morgan fingerprint density at radius 1 is 1.18 bits per heavy atom. The first-order valence-electron chi connectivity index (χ1n) is 5.49. The largest absolute Gasteiger partial charge is 0.361 e. The van der Waals surface area contributed by atoms with Crippen molar-refractivity contribution in [3.8, 4) is 5.69 Å². The second-order valence-electron chi connectivity index (χ2n) is 4.38. The fourth-order valence-electron chi connectivity index (χ4n) is 1.78. The van der Waals surface area contributed by atoms with Gasteiger partial charge in [-0.3, -0.25) is 0 Å². The predicted molar refractivity (Wildman–Crippen MR) is 75.1 cm³/mol. The zero-order chi connectivity index (χ0) is 12.6. The van der Waals surface area contributed by atoms with Gasteiger partial charge in [0.05, 0.1) is 5.69 Å². The Kier molecular flexibility index (Phi) is 3.24. The molecule has 0 fully saturated rings. The van der Waals surface area contributed by atoms with Gasteiger partial charge < -0.3 is 4.90 Å². The van der Waals surface area contributed by atoms with Crippen molar-refractivity contribution in [1.82, 2.24) is 9.78 Å². The summed E-state index contributed by atoms with van der Waals surface area (Å²) < 4.78 is 3.08. The highest BCUT2D eigenvalue weighted by atomic mass is 79.9. The molecule has 1 heterocycles. The van der Waals surface area contributed by atoms with Gasteiger partial charge in [-0.15, -0.1) is 0 Å². The van der Waals surface area contributed by atoms with E-state index in [1.165, 1.54) is 5.56 Å². The minimum atomic E-state index is 0.977. The summed E-state index contributed by atoms with van der Waals surface area (Å²) in [7, 11) is 4.00. The van der Waals surface area contributed by atoms with Crippen molar-refractivity contribution in [2.45, 2.75) is 13.8 Å². The van der Waals surface area contributed by atoms with E-state index in [2.05, 4.69) is 53.1 Å². The molecule has 0 unspecified atom stereocenters. The number of hydrogen-bond donors (Lipinski definition) is 0. The highest BCUT2D eigenvalue weighted by Crippen LogP contribution is 2.22. The van der Waals surface area contributed by atoms with Crippen molar-refractivity contribution in [2.75, 3.05) is 19.0 Å². The van der Waals surface area contributed by atoms with E-state index in [4.69, 9.17) is 0 Å². The zero-order valence-corrected chi connectivity index (χ0v) is 12.1. The van der Waals surface area contributed by atoms with Gasteiger partial charge in [0.2, 0.25) is 0 Å². The zero-order valence-electron chi connectivity index (χ0n) is 10.5. The first-order chi connectivity index (χ1) is 7.99. The van der Waals surface area contributed by atoms with Crippen LogP contribution in [0.1, 0.15) is 11.3 Å². The monoisotopic (exact) mass is 293 g/mol. The lowest BCUT2D eigenvalue weighted by Gasteiger charge is -2.09. The molecule has 1 aromatic heterocycles. The lowest BCUT2D eigenvalue weighted by atomic mass is 10.2. The van der Waals surface area contributed by atoms with Crippen LogP contribution < -0.4 is 4.90 Å². The minimum Gasteiger partial charge on any atom is -0.361 e. The van der Waals surface area contributed by atoms with Crippen molar-refractivity contribution >= 4 is 21.7 Å². The normalized spacial score (nSPS) is 10.6. The van der Waals surface area contributed by atoms with Crippen LogP contribution in [0.25, 0.3) is 5.69 Å². The lowest BCUT2D eigenvalue weighted by molar-refractivity contribution is 0.831. The number of benzene rings is 1. The Morgan fingerprint density at radius 3 is 2.41 bits per heavy atom. The molecule has 0 spiro atoms. The van der Waals surface area contributed by atoms with Crippen LogP contribution in [0.4, 0.5) is 5.82 Å². The van der Waals surface area contributed by atoms with Crippen LogP contribution in [0.3, 0.4) is 0 Å². The highest BCUT2D eigenvalue weighted by molar-refractivity contribution is 9.10. The molecule has 2 rings (SSSR count). The minimum absolute atomic E-state index is 0.977. The van der Waals surface area contributed by atoms with E-state index in [-0.39, 0.29) is 0 Å². The summed E-state index contributed by atoms with van der Waals surface area (Å²) in [5.41, 5.74) is 3.47. The van der Waals surface area contributed by atoms with E-state index in [1.54, 1.807) is 0 Å². The van der Waals surface area contributed by atoms with Crippen molar-refractivity contribution in [3.63, 3.8) is 0 Å². The van der Waals surface area contributed by atoms with Gasteiger partial charge >= 0.3 is 0 Å². The van der Waals surface area contributed by atoms with E-state index < -0.39 is 0 Å². The Hall–Kier alpha value is -1.29. The third kappa shape index (κ3) is 2.36. The quantitative estimate of drug-likeness (QED) is 0.847. The van der Waals surface area contributed by atoms with E-state index in [1.807, 2.05) is 29.7 Å². The molecule has 0 aliphatic rings. The maximum absolute atomic E-state index is 4.60. The van der Waals surface area contributed by atoms with E-state index in [9.17, 15) is 0 Å². The van der Waals surface area contributed by atoms with Crippen LogP contribution in [-0.2, 0) is 0 Å². The van der Waals surface area contributed by atoms with Crippen LogP contribution in [0, 0.1) is 13.8 Å². The number of nitrogens with zero attached hydrogens (tertiary/aromatic N) is 3. The van der Waals surface area contributed by atoms with Crippen LogP contribution in [0.5, 0.6) is 0 Å². The van der Waals surface area contributed by atoms with Gasteiger partial charge in [-0.25, -0.2) is 4.68 Å². The number of anilines is 1. The van der Waals surface area contributed by atoms with Crippen molar-refractivity contribution in [2.24, 2.45) is 0 Å². The van der Waals surface area contributed by atoms with Gasteiger partial charge in [0.15, 0.2) is 5.82 Å². The summed E-state index contributed by atoms with van der Waals surface area (Å²) in [5, 5.41) is 4.60. The number of hydrogen-bond acceptors (Lipinski definition) is 2. The standard InChI is InChI=1S/C13H16BrN3/c1-9-7-11(14)5-6-12(9)17-10(2)8-13(15-17)16(3)4/h5-8H,1-4H3. The van der Waals surface area contributed by atoms with Crippen LogP contribution >= 0.6 is 15.9 Å². The average Bonchev–Trinajstić information content (AvgIpc) is 2.61. The molecule has 17 heavy (non-hydrogen) atoms. The number of aryl methyl sites for hydroxylation is 2. The number of halogens is 1. The molecule has 0 saturated carbocycles. The van der Waals surface area contributed by atoms with Gasteiger partial charge in [-0.2, -0.15) is 5.10 Å². The maximum Gasteiger partial charge on any atom is 0.150 e. The summed E-state index contributed by atoms with van der Waals surface area (Å²) >= 11 is 3.48. The maximum atomic E-state index is 4.60. The molecule has 0 N–H and O–H groups in total. The molecule has 0 amide bonds. The lowest BCUT2D eigenvalue weighted by Crippen LogP contribution is -2.10. The van der Waals surface area contributed by atoms with Gasteiger partial charge in [-0.1, -0.05) is 15.9 Å². The fraction of sp³-hybridized carbons (Fsp3) is 0.308. The molecule has 0 aliphatic heterocycles. The molecule has 0 atom stereocenters. The Balaban J connectivity index is 2.52. The highest BCUT2D eigenvalue weighted by Gasteiger charge is 2.09. The van der Waals surface area contributed by atoms with Crippen LogP contribution in [0.15, 0.2) is 28.7 Å². The molecular weight excluding hydrogens is 278 g/mol. The predicted octanol–water partition coefficient (Wildman–Crippen LogP) is 3.32. The molecule has 2 aromatic rings. The Morgan fingerprint density at radius 2 is 1.88 bits per heavy atom. The molecule has 0 aliphatic carbocycles. The molecule has 4 heteroatoms. The van der Waals surface area contributed by atoms with Crippen molar-refractivity contribution < 1.29 is 0 Å². The average molecular weight is 294 g/mol. The van der Waals surface area contributed by atoms with Gasteiger partial charge in [0.1, 0.15) is 0 Å². The SMILES string of the molecule is Cc1cc(Br)ccc1-n1nc(N(C)C)cc1C. The molecule has 3 nitrogen and oxygen atoms in total. The number of aromatic nitrogens is 2. The second kappa shape index (κ2) is 4.53. The van der Waals surface area contributed by atoms with Gasteiger partial charge in [0.25, 0.3) is 0 Å². The van der Waals surface area contributed by atoms with Crippen molar-refractivity contribution in [3.05, 3.63) is 40.0 Å². The van der Waals surface area contributed by atoms with Gasteiger partial charge in [0, 0.05) is 30.3 Å². The second-order valence-corrected chi connectivity index (χ2v) is 5.30. The summed E-state index contributed by atoms with van der Waals surface area (Å²) in [6.07, 6.45) is 0. The summed E-state index contributed by atoms with van der Waals surface area (Å²) in [6, 6.07) is 8.31. The third-order valence-corrected chi connectivity index (χ3v) is 3.21. The van der Waals surface area contributed by atoms with Crippen LogP contribution in [0.2, 0.25) is 0 Å². The Labute approximate surface area is 110 Å². The third-order valence-electron chi connectivity index (χ3n) is 2.72. The van der Waals surface area contributed by atoms with E-state index in [0.29, 0.717) is 0 Å². The molecule has 90 valence electrons. The van der Waals surface area contributed by atoms with E-state index in [0.717, 1.165) is 21.7 Å². The van der Waals surface area contributed by atoms with Crippen LogP contribution in [-0.4, -0.2) is 23.9 Å². The Bertz CT molecular complexity index is 544.